The molecule has 2 aromatic rings. The Bertz CT molecular complexity index is 703. The summed E-state index contributed by atoms with van der Waals surface area (Å²) < 4.78 is 5.24. The molecule has 0 unspecified atom stereocenters. The van der Waals surface area contributed by atoms with E-state index in [1.165, 1.54) is 5.56 Å². The van der Waals surface area contributed by atoms with Crippen LogP contribution < -0.4 is 11.1 Å². The van der Waals surface area contributed by atoms with Crippen LogP contribution in [0.25, 0.3) is 11.1 Å². The molecular weight excluding hydrogens is 288 g/mol. The Morgan fingerprint density at radius 3 is 2.43 bits per heavy atom. The van der Waals surface area contributed by atoms with Crippen LogP contribution in [0.2, 0.25) is 0 Å². The van der Waals surface area contributed by atoms with E-state index in [0.29, 0.717) is 11.4 Å². The van der Waals surface area contributed by atoms with Crippen LogP contribution in [0.5, 0.6) is 0 Å². The fourth-order valence-corrected chi connectivity index (χ4v) is 2.24. The number of benzene rings is 2. The molecule has 122 valence electrons. The minimum absolute atomic E-state index is 0.509. The molecule has 0 aliphatic rings. The van der Waals surface area contributed by atoms with Crippen molar-refractivity contribution in [3.05, 3.63) is 48.0 Å². The van der Waals surface area contributed by atoms with Crippen molar-refractivity contribution >= 4 is 17.5 Å². The number of aryl methyl sites for hydroxylation is 1. The standard InChI is InChI=1S/C19H24N2O2/c1-5-13-7-6-8-14(11-13)15-9-10-17(16(20)12-15)21-18(22)23-19(2,3)4/h6-12H,5,20H2,1-4H3,(H,21,22). The van der Waals surface area contributed by atoms with E-state index < -0.39 is 11.7 Å². The first-order chi connectivity index (χ1) is 10.8. The number of nitrogens with two attached hydrogens (primary N) is 1. The molecule has 0 fully saturated rings. The Labute approximate surface area is 137 Å². The first-order valence-corrected chi connectivity index (χ1v) is 7.77. The summed E-state index contributed by atoms with van der Waals surface area (Å²) in [5.74, 6) is 0. The summed E-state index contributed by atoms with van der Waals surface area (Å²) in [5.41, 5.74) is 10.00. The molecule has 0 heterocycles. The second-order valence-corrected chi connectivity index (χ2v) is 6.48. The Hall–Kier alpha value is -2.49. The maximum atomic E-state index is 11.8. The van der Waals surface area contributed by atoms with Crippen LogP contribution in [-0.2, 0) is 11.2 Å². The smallest absolute Gasteiger partial charge is 0.412 e. The molecule has 0 saturated heterocycles. The highest BCUT2D eigenvalue weighted by molar-refractivity contribution is 5.90. The second-order valence-electron chi connectivity index (χ2n) is 6.48. The van der Waals surface area contributed by atoms with E-state index in [9.17, 15) is 4.79 Å². The molecule has 0 aromatic heterocycles. The fraction of sp³-hybridized carbons (Fsp3) is 0.316. The van der Waals surface area contributed by atoms with Gasteiger partial charge in [-0.15, -0.1) is 0 Å². The Kier molecular flexibility index (Phi) is 4.94. The lowest BCUT2D eigenvalue weighted by Gasteiger charge is -2.20. The number of carbonyl (C=O) groups excluding carboxylic acids is 1. The van der Waals surface area contributed by atoms with Gasteiger partial charge in [-0.2, -0.15) is 0 Å². The number of nitrogen functional groups attached to an aromatic ring is 1. The van der Waals surface area contributed by atoms with Gasteiger partial charge in [0.1, 0.15) is 5.60 Å². The Balaban J connectivity index is 2.19. The number of hydrogen-bond acceptors (Lipinski definition) is 3. The van der Waals surface area contributed by atoms with Crippen LogP contribution >= 0.6 is 0 Å². The van der Waals surface area contributed by atoms with Gasteiger partial charge < -0.3 is 10.5 Å². The first-order valence-electron chi connectivity index (χ1n) is 7.77. The topological polar surface area (TPSA) is 64.3 Å². The third kappa shape index (κ3) is 4.74. The minimum Gasteiger partial charge on any atom is -0.444 e. The van der Waals surface area contributed by atoms with Crippen LogP contribution in [-0.4, -0.2) is 11.7 Å². The molecule has 0 atom stereocenters. The van der Waals surface area contributed by atoms with Gasteiger partial charge >= 0.3 is 6.09 Å². The number of rotatable bonds is 3. The molecular formula is C19H24N2O2. The molecule has 2 aromatic carbocycles. The monoisotopic (exact) mass is 312 g/mol. The third-order valence-electron chi connectivity index (χ3n) is 3.36. The summed E-state index contributed by atoms with van der Waals surface area (Å²) in [6, 6.07) is 13.9. The lowest BCUT2D eigenvalue weighted by atomic mass is 10.0. The van der Waals surface area contributed by atoms with Crippen LogP contribution in [0.1, 0.15) is 33.3 Å². The van der Waals surface area contributed by atoms with Gasteiger partial charge in [0.2, 0.25) is 0 Å². The number of ether oxygens (including phenoxy) is 1. The summed E-state index contributed by atoms with van der Waals surface area (Å²) >= 11 is 0. The van der Waals surface area contributed by atoms with E-state index in [-0.39, 0.29) is 0 Å². The maximum absolute atomic E-state index is 11.8. The van der Waals surface area contributed by atoms with Gasteiger partial charge in [0, 0.05) is 0 Å². The van der Waals surface area contributed by atoms with Crippen LogP contribution in [0.4, 0.5) is 16.2 Å². The molecule has 1 amide bonds. The molecule has 0 aliphatic carbocycles. The normalized spacial score (nSPS) is 11.1. The van der Waals surface area contributed by atoms with Crippen LogP contribution in [0.15, 0.2) is 42.5 Å². The van der Waals surface area contributed by atoms with E-state index >= 15 is 0 Å². The van der Waals surface area contributed by atoms with E-state index in [1.807, 2.05) is 39.0 Å². The molecule has 4 heteroatoms. The van der Waals surface area contributed by atoms with E-state index in [2.05, 4.69) is 30.4 Å². The summed E-state index contributed by atoms with van der Waals surface area (Å²) in [6.45, 7) is 7.58. The van der Waals surface area contributed by atoms with Gasteiger partial charge in [-0.25, -0.2) is 4.79 Å². The summed E-state index contributed by atoms with van der Waals surface area (Å²) in [4.78, 5) is 11.8. The lowest BCUT2D eigenvalue weighted by Crippen LogP contribution is -2.27. The van der Waals surface area contributed by atoms with Crippen molar-refractivity contribution in [1.29, 1.82) is 0 Å². The lowest BCUT2D eigenvalue weighted by molar-refractivity contribution is 0.0636. The molecule has 23 heavy (non-hydrogen) atoms. The minimum atomic E-state index is -0.542. The number of nitrogens with one attached hydrogen (secondary N) is 1. The average molecular weight is 312 g/mol. The average Bonchev–Trinajstić information content (AvgIpc) is 2.47. The number of carbonyl (C=O) groups is 1. The molecule has 0 bridgehead atoms. The van der Waals surface area contributed by atoms with Crippen LogP contribution in [0, 0.1) is 0 Å². The molecule has 0 aliphatic heterocycles. The van der Waals surface area contributed by atoms with Crippen LogP contribution in [0.3, 0.4) is 0 Å². The predicted octanol–water partition coefficient (Wildman–Crippen LogP) is 4.85. The highest BCUT2D eigenvalue weighted by atomic mass is 16.6. The molecule has 0 radical (unpaired) electrons. The van der Waals surface area contributed by atoms with Crippen molar-refractivity contribution < 1.29 is 9.53 Å². The van der Waals surface area contributed by atoms with E-state index in [0.717, 1.165) is 17.5 Å². The van der Waals surface area contributed by atoms with Crippen molar-refractivity contribution in [2.45, 2.75) is 39.7 Å². The summed E-state index contributed by atoms with van der Waals surface area (Å²) in [7, 11) is 0. The van der Waals surface area contributed by atoms with Gasteiger partial charge in [0.05, 0.1) is 11.4 Å². The highest BCUT2D eigenvalue weighted by Crippen LogP contribution is 2.28. The van der Waals surface area contributed by atoms with Crippen molar-refractivity contribution in [2.24, 2.45) is 0 Å². The molecule has 0 spiro atoms. The zero-order valence-corrected chi connectivity index (χ0v) is 14.1. The van der Waals surface area contributed by atoms with Crippen molar-refractivity contribution in [1.82, 2.24) is 0 Å². The second kappa shape index (κ2) is 6.73. The van der Waals surface area contributed by atoms with Gasteiger partial charge in [-0.1, -0.05) is 37.3 Å². The number of anilines is 2. The zero-order chi connectivity index (χ0) is 17.0. The number of amides is 1. The van der Waals surface area contributed by atoms with E-state index in [1.54, 1.807) is 6.07 Å². The van der Waals surface area contributed by atoms with Gasteiger partial charge in [-0.05, 0) is 56.0 Å². The quantitative estimate of drug-likeness (QED) is 0.797. The van der Waals surface area contributed by atoms with E-state index in [4.69, 9.17) is 10.5 Å². The Morgan fingerprint density at radius 1 is 1.13 bits per heavy atom. The number of hydrogen-bond donors (Lipinski definition) is 2. The zero-order valence-electron chi connectivity index (χ0n) is 14.1. The summed E-state index contributed by atoms with van der Waals surface area (Å²) in [5, 5.41) is 2.68. The molecule has 0 saturated carbocycles. The van der Waals surface area contributed by atoms with Crippen molar-refractivity contribution in [2.75, 3.05) is 11.1 Å². The molecule has 4 nitrogen and oxygen atoms in total. The highest BCUT2D eigenvalue weighted by Gasteiger charge is 2.17. The largest absolute Gasteiger partial charge is 0.444 e. The Morgan fingerprint density at radius 2 is 1.83 bits per heavy atom. The predicted molar refractivity (Wildman–Crippen MR) is 95.5 cm³/mol. The molecule has 2 rings (SSSR count). The van der Waals surface area contributed by atoms with Gasteiger partial charge in [0.15, 0.2) is 0 Å². The summed E-state index contributed by atoms with van der Waals surface area (Å²) in [6.07, 6.45) is 0.478. The van der Waals surface area contributed by atoms with Crippen molar-refractivity contribution in [3.8, 4) is 11.1 Å². The van der Waals surface area contributed by atoms with Crippen molar-refractivity contribution in [3.63, 3.8) is 0 Å². The van der Waals surface area contributed by atoms with Gasteiger partial charge in [-0.3, -0.25) is 5.32 Å². The SMILES string of the molecule is CCc1cccc(-c2ccc(NC(=O)OC(C)(C)C)c(N)c2)c1. The maximum Gasteiger partial charge on any atom is 0.412 e. The molecule has 3 N–H and O–H groups in total. The third-order valence-corrected chi connectivity index (χ3v) is 3.36. The first kappa shape index (κ1) is 16.9. The fourth-order valence-electron chi connectivity index (χ4n) is 2.24. The van der Waals surface area contributed by atoms with Gasteiger partial charge in [0.25, 0.3) is 0 Å².